The maximum atomic E-state index is 6.43. The monoisotopic (exact) mass is 368 g/mol. The van der Waals surface area contributed by atoms with Crippen LogP contribution < -0.4 is 14.4 Å². The molecule has 3 aromatic rings. The molecule has 0 spiro atoms. The molecule has 4 heteroatoms. The van der Waals surface area contributed by atoms with Crippen LogP contribution in [0, 0.1) is 0 Å². The fraction of sp³-hybridized carbons (Fsp3) is 0.182. The molecular formula is C22H25O3P. The minimum atomic E-state index is -3.19. The Hall–Kier alpha value is -2.35. The van der Waals surface area contributed by atoms with Crippen molar-refractivity contribution in [1.82, 2.24) is 0 Å². The van der Waals surface area contributed by atoms with Gasteiger partial charge in [-0.3, -0.25) is 0 Å². The van der Waals surface area contributed by atoms with Crippen LogP contribution in [0.5, 0.6) is 11.5 Å². The van der Waals surface area contributed by atoms with E-state index in [0.717, 1.165) is 29.6 Å². The van der Waals surface area contributed by atoms with Crippen LogP contribution >= 0.6 is 7.94 Å². The van der Waals surface area contributed by atoms with Gasteiger partial charge in [0.15, 0.2) is 0 Å². The summed E-state index contributed by atoms with van der Waals surface area (Å²) in [5, 5.41) is 0.948. The van der Waals surface area contributed by atoms with Gasteiger partial charge in [-0.25, -0.2) is 0 Å². The Morgan fingerprint density at radius 2 is 1.12 bits per heavy atom. The Morgan fingerprint density at radius 1 is 0.654 bits per heavy atom. The third-order valence-electron chi connectivity index (χ3n) is 3.91. The van der Waals surface area contributed by atoms with E-state index in [4.69, 9.17) is 13.6 Å². The zero-order valence-corrected chi connectivity index (χ0v) is 16.0. The molecule has 3 aromatic carbocycles. The molecule has 0 aliphatic heterocycles. The number of benzene rings is 3. The molecule has 0 N–H and O–H groups in total. The molecule has 136 valence electrons. The molecule has 0 saturated carbocycles. The molecule has 0 bridgehead atoms. The second kappa shape index (κ2) is 9.38. The van der Waals surface area contributed by atoms with E-state index in [9.17, 15) is 0 Å². The predicted octanol–water partition coefficient (Wildman–Crippen LogP) is 5.78. The molecule has 3 rings (SSSR count). The summed E-state index contributed by atoms with van der Waals surface area (Å²) in [7, 11) is -3.19. The van der Waals surface area contributed by atoms with Gasteiger partial charge in [-0.05, 0) is 0 Å². The third kappa shape index (κ3) is 4.85. The van der Waals surface area contributed by atoms with Gasteiger partial charge in [0.25, 0.3) is 0 Å². The zero-order chi connectivity index (χ0) is 18.1. The maximum absolute atomic E-state index is 6.43. The van der Waals surface area contributed by atoms with E-state index in [2.05, 4.69) is 6.92 Å². The molecule has 0 radical (unpaired) electrons. The predicted molar refractivity (Wildman–Crippen MR) is 109 cm³/mol. The van der Waals surface area contributed by atoms with Crippen molar-refractivity contribution in [3.05, 3.63) is 91.0 Å². The zero-order valence-electron chi connectivity index (χ0n) is 15.0. The Bertz CT molecular complexity index is 722. The first kappa shape index (κ1) is 18.4. The first-order chi connectivity index (χ1) is 12.8. The van der Waals surface area contributed by atoms with Gasteiger partial charge in [0.1, 0.15) is 0 Å². The van der Waals surface area contributed by atoms with Crippen molar-refractivity contribution in [1.29, 1.82) is 0 Å². The van der Waals surface area contributed by atoms with E-state index in [1.807, 2.05) is 91.0 Å². The Kier molecular flexibility index (Phi) is 6.65. The Labute approximate surface area is 156 Å². The van der Waals surface area contributed by atoms with Gasteiger partial charge in [-0.1, -0.05) is 0 Å². The van der Waals surface area contributed by atoms with Crippen molar-refractivity contribution in [3.63, 3.8) is 0 Å². The first-order valence-corrected chi connectivity index (χ1v) is 10.7. The van der Waals surface area contributed by atoms with Crippen LogP contribution in [0.1, 0.15) is 19.8 Å². The second-order valence-electron chi connectivity index (χ2n) is 5.95. The normalized spacial score (nSPS) is 11.7. The number of hydrogen-bond donors (Lipinski definition) is 0. The molecule has 0 aliphatic carbocycles. The summed E-state index contributed by atoms with van der Waals surface area (Å²) in [6, 6.07) is 29.5. The van der Waals surface area contributed by atoms with Gasteiger partial charge in [-0.2, -0.15) is 0 Å². The average Bonchev–Trinajstić information content (AvgIpc) is 2.70. The molecule has 0 heterocycles. The minimum absolute atomic E-state index is 0.595. The van der Waals surface area contributed by atoms with Gasteiger partial charge in [0.2, 0.25) is 0 Å². The molecule has 0 amide bonds. The Balaban J connectivity index is 2.00. The van der Waals surface area contributed by atoms with Crippen molar-refractivity contribution in [2.45, 2.75) is 19.8 Å². The molecule has 0 saturated heterocycles. The van der Waals surface area contributed by atoms with E-state index in [0.29, 0.717) is 6.61 Å². The fourth-order valence-corrected chi connectivity index (χ4v) is 5.03. The molecule has 0 aliphatic rings. The van der Waals surface area contributed by atoms with E-state index in [1.54, 1.807) is 0 Å². The number of hydrogen-bond acceptors (Lipinski definition) is 3. The van der Waals surface area contributed by atoms with Crippen LogP contribution in [0.4, 0.5) is 0 Å². The number of para-hydroxylation sites is 2. The SMILES string of the molecule is CCCCO[PH](Oc1ccccc1)(Oc1ccccc1)c1ccccc1. The van der Waals surface area contributed by atoms with Crippen molar-refractivity contribution in [2.24, 2.45) is 0 Å². The van der Waals surface area contributed by atoms with E-state index in [-0.39, 0.29) is 0 Å². The van der Waals surface area contributed by atoms with Gasteiger partial charge in [-0.15, -0.1) is 0 Å². The fourth-order valence-electron chi connectivity index (χ4n) is 2.56. The van der Waals surface area contributed by atoms with Crippen LogP contribution in [0.3, 0.4) is 0 Å². The van der Waals surface area contributed by atoms with Crippen LogP contribution in [-0.2, 0) is 4.52 Å². The number of rotatable bonds is 9. The van der Waals surface area contributed by atoms with Crippen LogP contribution in [0.15, 0.2) is 91.0 Å². The topological polar surface area (TPSA) is 27.7 Å². The third-order valence-corrected chi connectivity index (χ3v) is 6.54. The van der Waals surface area contributed by atoms with Gasteiger partial charge >= 0.3 is 156 Å². The van der Waals surface area contributed by atoms with Gasteiger partial charge < -0.3 is 0 Å². The van der Waals surface area contributed by atoms with Gasteiger partial charge in [0, 0.05) is 0 Å². The molecule has 0 fully saturated rings. The second-order valence-corrected chi connectivity index (χ2v) is 8.34. The summed E-state index contributed by atoms with van der Waals surface area (Å²) in [4.78, 5) is 0. The molecule has 0 atom stereocenters. The number of unbranched alkanes of at least 4 members (excludes halogenated alkanes) is 1. The van der Waals surface area contributed by atoms with Crippen molar-refractivity contribution < 1.29 is 13.6 Å². The molecule has 3 nitrogen and oxygen atoms in total. The van der Waals surface area contributed by atoms with Gasteiger partial charge in [0.05, 0.1) is 0 Å². The quantitative estimate of drug-likeness (QED) is 0.354. The summed E-state index contributed by atoms with van der Waals surface area (Å²) in [5.41, 5.74) is 0. The summed E-state index contributed by atoms with van der Waals surface area (Å²) < 4.78 is 19.2. The van der Waals surface area contributed by atoms with E-state index in [1.165, 1.54) is 0 Å². The molecular weight excluding hydrogens is 343 g/mol. The molecule has 26 heavy (non-hydrogen) atoms. The molecule has 0 aromatic heterocycles. The summed E-state index contributed by atoms with van der Waals surface area (Å²) in [6.45, 7) is 2.74. The van der Waals surface area contributed by atoms with Crippen molar-refractivity contribution >= 4 is 13.2 Å². The van der Waals surface area contributed by atoms with Crippen LogP contribution in [-0.4, -0.2) is 6.61 Å². The van der Waals surface area contributed by atoms with Crippen molar-refractivity contribution in [3.8, 4) is 11.5 Å². The van der Waals surface area contributed by atoms with Crippen molar-refractivity contribution in [2.75, 3.05) is 6.61 Å². The standard InChI is InChI=1S/C22H25O3P/c1-2-3-19-23-26(22-17-11-6-12-18-22,24-20-13-7-4-8-14-20)25-21-15-9-5-10-16-21/h4-18,26H,2-3,19H2,1H3. The Morgan fingerprint density at radius 3 is 1.58 bits per heavy atom. The first-order valence-electron chi connectivity index (χ1n) is 9.00. The van der Waals surface area contributed by atoms with E-state index >= 15 is 0 Å². The average molecular weight is 368 g/mol. The van der Waals surface area contributed by atoms with E-state index < -0.39 is 7.94 Å². The summed E-state index contributed by atoms with van der Waals surface area (Å²) in [6.07, 6.45) is 2.01. The van der Waals surface area contributed by atoms with Crippen LogP contribution in [0.25, 0.3) is 0 Å². The summed E-state index contributed by atoms with van der Waals surface area (Å²) in [5.74, 6) is 1.49. The molecule has 0 unspecified atom stereocenters. The van der Waals surface area contributed by atoms with Crippen LogP contribution in [0.2, 0.25) is 0 Å². The summed E-state index contributed by atoms with van der Waals surface area (Å²) >= 11 is 0.